The summed E-state index contributed by atoms with van der Waals surface area (Å²) in [6.07, 6.45) is 0. The molecule has 0 aliphatic heterocycles. The standard InChI is InChI=1S/C11H15ClS/c1-4-13-10-7-5-6-9(12)11(10)8(2)3/h5-8H,4H2,1-3H3. The van der Waals surface area contributed by atoms with Gasteiger partial charge in [0.25, 0.3) is 0 Å². The van der Waals surface area contributed by atoms with Gasteiger partial charge in [0.15, 0.2) is 0 Å². The Balaban J connectivity index is 3.10. The van der Waals surface area contributed by atoms with Gasteiger partial charge in [-0.3, -0.25) is 0 Å². The Labute approximate surface area is 89.7 Å². The third-order valence-electron chi connectivity index (χ3n) is 1.89. The Bertz CT molecular complexity index is 281. The van der Waals surface area contributed by atoms with Gasteiger partial charge in [-0.1, -0.05) is 38.4 Å². The summed E-state index contributed by atoms with van der Waals surface area (Å²) >= 11 is 8.01. The highest BCUT2D eigenvalue weighted by molar-refractivity contribution is 7.99. The summed E-state index contributed by atoms with van der Waals surface area (Å²) in [5, 5.41) is 0.897. The van der Waals surface area contributed by atoms with Crippen LogP contribution in [0.2, 0.25) is 5.02 Å². The molecule has 0 nitrogen and oxygen atoms in total. The molecule has 0 atom stereocenters. The molecule has 0 bridgehead atoms. The fourth-order valence-corrected chi connectivity index (χ4v) is 2.79. The van der Waals surface area contributed by atoms with Crippen LogP contribution in [0.3, 0.4) is 0 Å². The number of benzene rings is 1. The van der Waals surface area contributed by atoms with Crippen LogP contribution in [0, 0.1) is 0 Å². The van der Waals surface area contributed by atoms with Crippen LogP contribution in [0.5, 0.6) is 0 Å². The molecule has 2 heteroatoms. The zero-order valence-electron chi connectivity index (χ0n) is 8.30. The lowest BCUT2D eigenvalue weighted by atomic mass is 10.0. The molecule has 0 saturated carbocycles. The summed E-state index contributed by atoms with van der Waals surface area (Å²) in [5.74, 6) is 1.60. The summed E-state index contributed by atoms with van der Waals surface area (Å²) in [6, 6.07) is 6.14. The molecule has 0 N–H and O–H groups in total. The van der Waals surface area contributed by atoms with E-state index < -0.39 is 0 Å². The molecule has 1 aromatic carbocycles. The van der Waals surface area contributed by atoms with E-state index in [-0.39, 0.29) is 0 Å². The van der Waals surface area contributed by atoms with Gasteiger partial charge >= 0.3 is 0 Å². The minimum absolute atomic E-state index is 0.503. The predicted octanol–water partition coefficient (Wildman–Crippen LogP) is 4.58. The van der Waals surface area contributed by atoms with Gasteiger partial charge in [-0.15, -0.1) is 11.8 Å². The van der Waals surface area contributed by atoms with Crippen molar-refractivity contribution in [3.8, 4) is 0 Å². The van der Waals surface area contributed by atoms with Gasteiger partial charge < -0.3 is 0 Å². The van der Waals surface area contributed by atoms with Gasteiger partial charge in [-0.25, -0.2) is 0 Å². The first-order chi connectivity index (χ1) is 6.16. The fraction of sp³-hybridized carbons (Fsp3) is 0.455. The normalized spacial score (nSPS) is 10.8. The van der Waals surface area contributed by atoms with Crippen LogP contribution < -0.4 is 0 Å². The molecule has 0 fully saturated rings. The van der Waals surface area contributed by atoms with Gasteiger partial charge in [0.1, 0.15) is 0 Å². The van der Waals surface area contributed by atoms with E-state index in [0.29, 0.717) is 5.92 Å². The molecule has 0 spiro atoms. The molecule has 72 valence electrons. The minimum Gasteiger partial charge on any atom is -0.126 e. The van der Waals surface area contributed by atoms with Crippen LogP contribution in [-0.2, 0) is 0 Å². The van der Waals surface area contributed by atoms with Crippen molar-refractivity contribution in [2.75, 3.05) is 5.75 Å². The quantitative estimate of drug-likeness (QED) is 0.664. The van der Waals surface area contributed by atoms with Crippen molar-refractivity contribution in [2.24, 2.45) is 0 Å². The fourth-order valence-electron chi connectivity index (χ4n) is 1.36. The highest BCUT2D eigenvalue weighted by Crippen LogP contribution is 2.33. The van der Waals surface area contributed by atoms with Gasteiger partial charge in [0.05, 0.1) is 0 Å². The zero-order chi connectivity index (χ0) is 9.84. The van der Waals surface area contributed by atoms with Crippen molar-refractivity contribution in [1.82, 2.24) is 0 Å². The van der Waals surface area contributed by atoms with Gasteiger partial charge in [-0.2, -0.15) is 0 Å². The van der Waals surface area contributed by atoms with Crippen molar-refractivity contribution in [1.29, 1.82) is 0 Å². The van der Waals surface area contributed by atoms with Crippen LogP contribution in [0.1, 0.15) is 32.3 Å². The molecule has 1 aromatic rings. The van der Waals surface area contributed by atoms with E-state index in [2.05, 4.69) is 26.8 Å². The number of rotatable bonds is 3. The smallest absolute Gasteiger partial charge is 0.0451 e. The van der Waals surface area contributed by atoms with Crippen molar-refractivity contribution in [2.45, 2.75) is 31.6 Å². The van der Waals surface area contributed by atoms with E-state index in [1.807, 2.05) is 23.9 Å². The third-order valence-corrected chi connectivity index (χ3v) is 3.18. The molecule has 0 aliphatic carbocycles. The Morgan fingerprint density at radius 3 is 2.62 bits per heavy atom. The maximum atomic E-state index is 6.15. The van der Waals surface area contributed by atoms with Crippen molar-refractivity contribution in [3.05, 3.63) is 28.8 Å². The number of thioether (sulfide) groups is 1. The maximum Gasteiger partial charge on any atom is 0.0451 e. The lowest BCUT2D eigenvalue weighted by Crippen LogP contribution is -1.92. The Hall–Kier alpha value is -0.140. The highest BCUT2D eigenvalue weighted by Gasteiger charge is 2.09. The predicted molar refractivity (Wildman–Crippen MR) is 61.9 cm³/mol. The molecule has 13 heavy (non-hydrogen) atoms. The average molecular weight is 215 g/mol. The minimum atomic E-state index is 0.503. The molecule has 1 rings (SSSR count). The third kappa shape index (κ3) is 2.65. The van der Waals surface area contributed by atoms with E-state index >= 15 is 0 Å². The first-order valence-corrected chi connectivity index (χ1v) is 5.94. The van der Waals surface area contributed by atoms with Crippen LogP contribution in [0.4, 0.5) is 0 Å². The van der Waals surface area contributed by atoms with E-state index in [9.17, 15) is 0 Å². The van der Waals surface area contributed by atoms with Crippen LogP contribution in [0.25, 0.3) is 0 Å². The first-order valence-electron chi connectivity index (χ1n) is 4.58. The second-order valence-corrected chi connectivity index (χ2v) is 4.95. The zero-order valence-corrected chi connectivity index (χ0v) is 9.88. The van der Waals surface area contributed by atoms with E-state index in [1.165, 1.54) is 10.5 Å². The summed E-state index contributed by atoms with van der Waals surface area (Å²) in [4.78, 5) is 1.32. The lowest BCUT2D eigenvalue weighted by Gasteiger charge is -2.13. The summed E-state index contributed by atoms with van der Waals surface area (Å²) < 4.78 is 0. The molecule has 0 saturated heterocycles. The molecule has 0 amide bonds. The van der Waals surface area contributed by atoms with E-state index in [0.717, 1.165) is 10.8 Å². The Morgan fingerprint density at radius 1 is 1.38 bits per heavy atom. The lowest BCUT2D eigenvalue weighted by molar-refractivity contribution is 0.842. The topological polar surface area (TPSA) is 0 Å². The number of halogens is 1. The monoisotopic (exact) mass is 214 g/mol. The van der Waals surface area contributed by atoms with E-state index in [4.69, 9.17) is 11.6 Å². The molecular weight excluding hydrogens is 200 g/mol. The first kappa shape index (κ1) is 10.9. The van der Waals surface area contributed by atoms with Gasteiger partial charge in [0, 0.05) is 9.92 Å². The Morgan fingerprint density at radius 2 is 2.08 bits per heavy atom. The maximum absolute atomic E-state index is 6.15. The number of hydrogen-bond acceptors (Lipinski definition) is 1. The van der Waals surface area contributed by atoms with E-state index in [1.54, 1.807) is 0 Å². The van der Waals surface area contributed by atoms with Crippen molar-refractivity contribution < 1.29 is 0 Å². The highest BCUT2D eigenvalue weighted by atomic mass is 35.5. The summed E-state index contributed by atoms with van der Waals surface area (Å²) in [5.41, 5.74) is 1.29. The van der Waals surface area contributed by atoms with Crippen LogP contribution >= 0.6 is 23.4 Å². The molecular formula is C11H15ClS. The molecule has 0 unspecified atom stereocenters. The van der Waals surface area contributed by atoms with Crippen molar-refractivity contribution >= 4 is 23.4 Å². The SMILES string of the molecule is CCSc1cccc(Cl)c1C(C)C. The molecule has 0 aromatic heterocycles. The molecule has 0 heterocycles. The van der Waals surface area contributed by atoms with Crippen molar-refractivity contribution in [3.63, 3.8) is 0 Å². The summed E-state index contributed by atoms with van der Waals surface area (Å²) in [7, 11) is 0. The Kier molecular flexibility index (Phi) is 4.14. The number of hydrogen-bond donors (Lipinski definition) is 0. The second-order valence-electron chi connectivity index (χ2n) is 3.24. The summed E-state index contributed by atoms with van der Waals surface area (Å²) in [6.45, 7) is 6.53. The van der Waals surface area contributed by atoms with Gasteiger partial charge in [0.2, 0.25) is 0 Å². The van der Waals surface area contributed by atoms with Crippen LogP contribution in [-0.4, -0.2) is 5.75 Å². The molecule has 0 radical (unpaired) electrons. The van der Waals surface area contributed by atoms with Gasteiger partial charge in [-0.05, 0) is 29.4 Å². The largest absolute Gasteiger partial charge is 0.126 e. The van der Waals surface area contributed by atoms with Crippen LogP contribution in [0.15, 0.2) is 23.1 Å². The molecule has 0 aliphatic rings. The second kappa shape index (κ2) is 4.92. The average Bonchev–Trinajstić information content (AvgIpc) is 2.04.